The summed E-state index contributed by atoms with van der Waals surface area (Å²) in [5, 5.41) is 4.22. The van der Waals surface area contributed by atoms with Crippen molar-refractivity contribution in [1.29, 1.82) is 0 Å². The van der Waals surface area contributed by atoms with Crippen molar-refractivity contribution in [2.24, 2.45) is 13.0 Å². The lowest BCUT2D eigenvalue weighted by molar-refractivity contribution is -0.153. The van der Waals surface area contributed by atoms with Crippen molar-refractivity contribution >= 4 is 5.91 Å². The largest absolute Gasteiger partial charge is 0.367 e. The topological polar surface area (TPSA) is 47.4 Å². The molecule has 0 N–H and O–H groups in total. The van der Waals surface area contributed by atoms with Gasteiger partial charge in [0.2, 0.25) is 5.91 Å². The van der Waals surface area contributed by atoms with E-state index >= 15 is 0 Å². The number of ether oxygens (including phenoxy) is 1. The van der Waals surface area contributed by atoms with Gasteiger partial charge in [-0.2, -0.15) is 5.10 Å². The van der Waals surface area contributed by atoms with Gasteiger partial charge < -0.3 is 9.64 Å². The minimum absolute atomic E-state index is 0.145. The molecule has 2 aliphatic rings. The van der Waals surface area contributed by atoms with Crippen LogP contribution in [0.25, 0.3) is 0 Å². The summed E-state index contributed by atoms with van der Waals surface area (Å²) < 4.78 is 7.75. The molecule has 1 aliphatic carbocycles. The summed E-state index contributed by atoms with van der Waals surface area (Å²) in [6.07, 6.45) is 11.0. The zero-order valence-electron chi connectivity index (χ0n) is 12.8. The first kappa shape index (κ1) is 14.3. The number of amides is 1. The van der Waals surface area contributed by atoms with Gasteiger partial charge >= 0.3 is 0 Å². The highest BCUT2D eigenvalue weighted by Crippen LogP contribution is 2.31. The minimum Gasteiger partial charge on any atom is -0.367 e. The molecule has 21 heavy (non-hydrogen) atoms. The number of carbonyl (C=O) groups excluding carboxylic acids is 1. The van der Waals surface area contributed by atoms with Crippen LogP contribution in [0, 0.1) is 5.92 Å². The summed E-state index contributed by atoms with van der Waals surface area (Å²) in [7, 11) is 1.90. The highest BCUT2D eigenvalue weighted by Gasteiger charge is 2.38. The van der Waals surface area contributed by atoms with E-state index in [1.807, 2.05) is 31.3 Å². The summed E-state index contributed by atoms with van der Waals surface area (Å²) in [6, 6.07) is 0. The van der Waals surface area contributed by atoms with Crippen molar-refractivity contribution in [3.05, 3.63) is 30.1 Å². The molecule has 0 aromatic carbocycles. The van der Waals surface area contributed by atoms with Crippen LogP contribution in [0.5, 0.6) is 0 Å². The maximum atomic E-state index is 12.7. The molecule has 1 fully saturated rings. The molecule has 1 amide bonds. The third-order valence-corrected chi connectivity index (χ3v) is 4.52. The number of allylic oxidation sites excluding steroid dienone is 2. The fourth-order valence-electron chi connectivity index (χ4n) is 3.20. The fraction of sp³-hybridized carbons (Fsp3) is 0.625. The van der Waals surface area contributed by atoms with Crippen LogP contribution in [0.2, 0.25) is 0 Å². The van der Waals surface area contributed by atoms with E-state index < -0.39 is 5.60 Å². The number of aryl methyl sites for hydroxylation is 1. The standard InChI is InChI=1S/C16H23N3O2/c1-16(14-10-17-18(2)11-14)12-19(8-9-21-16)15(20)13-6-4-3-5-7-13/h3-4,10-11,13H,5-9,12H2,1-2H3/t13-,16-/m1/s1. The van der Waals surface area contributed by atoms with E-state index in [4.69, 9.17) is 4.74 Å². The molecule has 0 saturated carbocycles. The van der Waals surface area contributed by atoms with E-state index in [0.29, 0.717) is 19.7 Å². The molecule has 0 radical (unpaired) electrons. The van der Waals surface area contributed by atoms with Gasteiger partial charge in [-0.3, -0.25) is 9.48 Å². The first-order chi connectivity index (χ1) is 10.1. The average Bonchev–Trinajstić information content (AvgIpc) is 2.95. The molecule has 3 rings (SSSR count). The molecule has 1 saturated heterocycles. The van der Waals surface area contributed by atoms with Crippen LogP contribution in [-0.2, 0) is 22.2 Å². The molecule has 1 aromatic heterocycles. The van der Waals surface area contributed by atoms with Crippen molar-refractivity contribution in [1.82, 2.24) is 14.7 Å². The van der Waals surface area contributed by atoms with E-state index in [2.05, 4.69) is 17.3 Å². The summed E-state index contributed by atoms with van der Waals surface area (Å²) in [5.74, 6) is 0.420. The monoisotopic (exact) mass is 289 g/mol. The van der Waals surface area contributed by atoms with Crippen LogP contribution in [0.15, 0.2) is 24.5 Å². The molecule has 2 atom stereocenters. The Morgan fingerprint density at radius 2 is 2.33 bits per heavy atom. The van der Waals surface area contributed by atoms with E-state index in [9.17, 15) is 4.79 Å². The number of morpholine rings is 1. The predicted octanol–water partition coefficient (Wildman–Crippen LogP) is 1.85. The highest BCUT2D eigenvalue weighted by atomic mass is 16.5. The number of aromatic nitrogens is 2. The molecule has 1 aliphatic heterocycles. The van der Waals surface area contributed by atoms with Crippen molar-refractivity contribution in [2.45, 2.75) is 31.8 Å². The Morgan fingerprint density at radius 3 is 3.00 bits per heavy atom. The predicted molar refractivity (Wildman–Crippen MR) is 79.6 cm³/mol. The summed E-state index contributed by atoms with van der Waals surface area (Å²) in [5.41, 5.74) is 0.582. The maximum absolute atomic E-state index is 12.7. The number of rotatable bonds is 2. The molecule has 0 bridgehead atoms. The van der Waals surface area contributed by atoms with Gasteiger partial charge in [0.15, 0.2) is 0 Å². The van der Waals surface area contributed by atoms with Crippen molar-refractivity contribution < 1.29 is 9.53 Å². The number of hydrogen-bond donors (Lipinski definition) is 0. The SMILES string of the molecule is Cn1cc([C@@]2(C)CN(C(=O)[C@@H]3CC=CCC3)CCO2)cn1. The van der Waals surface area contributed by atoms with E-state index in [0.717, 1.165) is 24.8 Å². The Hall–Kier alpha value is -1.62. The first-order valence-corrected chi connectivity index (χ1v) is 7.65. The smallest absolute Gasteiger partial charge is 0.226 e. The quantitative estimate of drug-likeness (QED) is 0.781. The van der Waals surface area contributed by atoms with E-state index in [1.165, 1.54) is 0 Å². The average molecular weight is 289 g/mol. The number of carbonyl (C=O) groups is 1. The van der Waals surface area contributed by atoms with Crippen molar-refractivity contribution in [2.75, 3.05) is 19.7 Å². The Labute approximate surface area is 125 Å². The third-order valence-electron chi connectivity index (χ3n) is 4.52. The Kier molecular flexibility index (Phi) is 3.85. The minimum atomic E-state index is -0.452. The second-order valence-electron chi connectivity index (χ2n) is 6.22. The lowest BCUT2D eigenvalue weighted by atomic mass is 9.91. The lowest BCUT2D eigenvalue weighted by Gasteiger charge is -2.41. The Morgan fingerprint density at radius 1 is 1.48 bits per heavy atom. The number of nitrogens with zero attached hydrogens (tertiary/aromatic N) is 3. The Bertz CT molecular complexity index is 551. The van der Waals surface area contributed by atoms with E-state index in [-0.39, 0.29) is 11.8 Å². The van der Waals surface area contributed by atoms with Gasteiger partial charge in [0.05, 0.1) is 19.3 Å². The normalized spacial score (nSPS) is 29.6. The first-order valence-electron chi connectivity index (χ1n) is 7.65. The maximum Gasteiger partial charge on any atom is 0.226 e. The van der Waals surface area contributed by atoms with Crippen molar-refractivity contribution in [3.63, 3.8) is 0 Å². The molecule has 0 unspecified atom stereocenters. The molecule has 5 heteroatoms. The molecule has 5 nitrogen and oxygen atoms in total. The van der Waals surface area contributed by atoms with Gasteiger partial charge in [-0.05, 0) is 26.2 Å². The molecule has 114 valence electrons. The molecular formula is C16H23N3O2. The summed E-state index contributed by atoms with van der Waals surface area (Å²) in [4.78, 5) is 14.7. The molecule has 1 aromatic rings. The molecule has 2 heterocycles. The van der Waals surface area contributed by atoms with Crippen LogP contribution in [0.3, 0.4) is 0 Å². The van der Waals surface area contributed by atoms with Crippen LogP contribution < -0.4 is 0 Å². The van der Waals surface area contributed by atoms with Crippen LogP contribution in [0.4, 0.5) is 0 Å². The van der Waals surface area contributed by atoms with Gasteiger partial charge in [0.25, 0.3) is 0 Å². The Balaban J connectivity index is 1.73. The van der Waals surface area contributed by atoms with Gasteiger partial charge in [0.1, 0.15) is 5.60 Å². The second-order valence-corrected chi connectivity index (χ2v) is 6.22. The van der Waals surface area contributed by atoms with Gasteiger partial charge in [-0.1, -0.05) is 12.2 Å². The van der Waals surface area contributed by atoms with Crippen molar-refractivity contribution in [3.8, 4) is 0 Å². The van der Waals surface area contributed by atoms with Gasteiger partial charge in [-0.15, -0.1) is 0 Å². The van der Waals surface area contributed by atoms with Gasteiger partial charge in [-0.25, -0.2) is 0 Å². The summed E-state index contributed by atoms with van der Waals surface area (Å²) in [6.45, 7) is 3.93. The third kappa shape index (κ3) is 2.88. The second kappa shape index (κ2) is 5.64. The van der Waals surface area contributed by atoms with Crippen LogP contribution in [-0.4, -0.2) is 40.3 Å². The van der Waals surface area contributed by atoms with Gasteiger partial charge in [0, 0.05) is 31.3 Å². The zero-order chi connectivity index (χ0) is 14.9. The molecule has 0 spiro atoms. The highest BCUT2D eigenvalue weighted by molar-refractivity contribution is 5.79. The summed E-state index contributed by atoms with van der Waals surface area (Å²) >= 11 is 0. The van der Waals surface area contributed by atoms with Crippen LogP contribution in [0.1, 0.15) is 31.7 Å². The van der Waals surface area contributed by atoms with E-state index in [1.54, 1.807) is 4.68 Å². The number of hydrogen-bond acceptors (Lipinski definition) is 3. The fourth-order valence-corrected chi connectivity index (χ4v) is 3.20. The lowest BCUT2D eigenvalue weighted by Crippen LogP contribution is -2.52. The molecular weight excluding hydrogens is 266 g/mol. The van der Waals surface area contributed by atoms with Crippen LogP contribution >= 0.6 is 0 Å². The zero-order valence-corrected chi connectivity index (χ0v) is 12.8.